The zero-order valence-corrected chi connectivity index (χ0v) is 11.0. The summed E-state index contributed by atoms with van der Waals surface area (Å²) in [6.07, 6.45) is 2.27. The number of aryl methyl sites for hydroxylation is 1. The van der Waals surface area contributed by atoms with E-state index < -0.39 is 11.6 Å². The van der Waals surface area contributed by atoms with Crippen LogP contribution in [0.5, 0.6) is 0 Å². The first-order valence-electron chi connectivity index (χ1n) is 6.34. The molecule has 18 heavy (non-hydrogen) atoms. The van der Waals surface area contributed by atoms with Gasteiger partial charge in [0.25, 0.3) is 0 Å². The van der Waals surface area contributed by atoms with Gasteiger partial charge in [-0.2, -0.15) is 0 Å². The monoisotopic (exact) mass is 257 g/mol. The fourth-order valence-corrected chi connectivity index (χ4v) is 1.87. The van der Waals surface area contributed by atoms with Crippen LogP contribution in [0, 0.1) is 11.6 Å². The normalized spacial score (nSPS) is 12.7. The molecule has 0 saturated heterocycles. The maximum atomic E-state index is 13.5. The molecule has 0 bridgehead atoms. The molecule has 4 heteroatoms. The van der Waals surface area contributed by atoms with E-state index in [9.17, 15) is 8.78 Å². The summed E-state index contributed by atoms with van der Waals surface area (Å²) in [6, 6.07) is 4.49. The molecule has 0 spiro atoms. The molecule has 0 saturated carbocycles. The fourth-order valence-electron chi connectivity index (χ4n) is 1.87. The van der Waals surface area contributed by atoms with E-state index in [1.54, 1.807) is 19.2 Å². The summed E-state index contributed by atoms with van der Waals surface area (Å²) >= 11 is 0. The van der Waals surface area contributed by atoms with Crippen LogP contribution < -0.4 is 5.32 Å². The predicted molar refractivity (Wildman–Crippen MR) is 68.6 cm³/mol. The number of hydrogen-bond acceptors (Lipinski definition) is 2. The summed E-state index contributed by atoms with van der Waals surface area (Å²) in [5.41, 5.74) is 0.425. The number of nitrogens with one attached hydrogen (secondary N) is 1. The molecule has 0 radical (unpaired) electrons. The average Bonchev–Trinajstić information content (AvgIpc) is 2.37. The Morgan fingerprint density at radius 2 is 2.11 bits per heavy atom. The van der Waals surface area contributed by atoms with Crippen molar-refractivity contribution in [3.63, 3.8) is 0 Å². The summed E-state index contributed by atoms with van der Waals surface area (Å²) < 4.78 is 31.6. The van der Waals surface area contributed by atoms with Gasteiger partial charge in [0.05, 0.1) is 6.61 Å². The third kappa shape index (κ3) is 4.70. The van der Waals surface area contributed by atoms with E-state index in [1.807, 2.05) is 0 Å². The second-order valence-corrected chi connectivity index (χ2v) is 4.36. The molecule has 1 aromatic carbocycles. The van der Waals surface area contributed by atoms with E-state index in [-0.39, 0.29) is 6.04 Å². The van der Waals surface area contributed by atoms with E-state index in [0.717, 1.165) is 25.5 Å². The number of hydrogen-bond donors (Lipinski definition) is 1. The quantitative estimate of drug-likeness (QED) is 0.773. The Morgan fingerprint density at radius 1 is 1.33 bits per heavy atom. The molecule has 0 aliphatic heterocycles. The summed E-state index contributed by atoms with van der Waals surface area (Å²) in [4.78, 5) is 0. The second kappa shape index (κ2) is 8.16. The van der Waals surface area contributed by atoms with Crippen LogP contribution in [0.25, 0.3) is 0 Å². The van der Waals surface area contributed by atoms with Crippen molar-refractivity contribution in [3.05, 3.63) is 35.4 Å². The van der Waals surface area contributed by atoms with Crippen LogP contribution in [0.3, 0.4) is 0 Å². The molecule has 1 rings (SSSR count). The van der Waals surface area contributed by atoms with Crippen molar-refractivity contribution in [1.82, 2.24) is 5.32 Å². The first kappa shape index (κ1) is 15.1. The highest BCUT2D eigenvalue weighted by Crippen LogP contribution is 2.14. The highest BCUT2D eigenvalue weighted by Gasteiger charge is 2.11. The van der Waals surface area contributed by atoms with Gasteiger partial charge in [0.15, 0.2) is 11.6 Å². The smallest absolute Gasteiger partial charge is 0.162 e. The minimum atomic E-state index is -0.780. The van der Waals surface area contributed by atoms with Crippen molar-refractivity contribution >= 4 is 0 Å². The molecule has 0 heterocycles. The van der Waals surface area contributed by atoms with Crippen LogP contribution in [-0.4, -0.2) is 26.3 Å². The molecule has 0 aliphatic carbocycles. The van der Waals surface area contributed by atoms with E-state index in [4.69, 9.17) is 4.74 Å². The van der Waals surface area contributed by atoms with Gasteiger partial charge in [-0.05, 0) is 37.4 Å². The zero-order valence-electron chi connectivity index (χ0n) is 11.0. The first-order chi connectivity index (χ1) is 8.69. The Kier molecular flexibility index (Phi) is 6.83. The molecule has 1 atom stereocenters. The second-order valence-electron chi connectivity index (χ2n) is 4.36. The van der Waals surface area contributed by atoms with Crippen LogP contribution in [0.1, 0.15) is 25.3 Å². The number of ether oxygens (including phenoxy) is 1. The van der Waals surface area contributed by atoms with Crippen molar-refractivity contribution in [3.8, 4) is 0 Å². The lowest BCUT2D eigenvalue weighted by atomic mass is 10.0. The van der Waals surface area contributed by atoms with Gasteiger partial charge in [0.1, 0.15) is 0 Å². The Balaban J connectivity index is 2.52. The van der Waals surface area contributed by atoms with Crippen LogP contribution in [0.15, 0.2) is 18.2 Å². The largest absolute Gasteiger partial charge is 0.383 e. The van der Waals surface area contributed by atoms with E-state index >= 15 is 0 Å². The van der Waals surface area contributed by atoms with Crippen LogP contribution in [-0.2, 0) is 11.2 Å². The molecule has 0 aliphatic rings. The highest BCUT2D eigenvalue weighted by atomic mass is 19.2. The molecule has 2 nitrogen and oxygen atoms in total. The molecule has 0 fully saturated rings. The summed E-state index contributed by atoms with van der Waals surface area (Å²) in [5.74, 6) is -1.51. The van der Waals surface area contributed by atoms with Crippen molar-refractivity contribution in [1.29, 1.82) is 0 Å². The standard InChI is InChI=1S/C14H21F2NO/c1-3-9-17-12(10-18-2)8-7-11-5-4-6-13(15)14(11)16/h4-6,12,17H,3,7-10H2,1-2H3. The third-order valence-electron chi connectivity index (χ3n) is 2.84. The average molecular weight is 257 g/mol. The molecule has 1 unspecified atom stereocenters. The number of methoxy groups -OCH3 is 1. The van der Waals surface area contributed by atoms with Gasteiger partial charge >= 0.3 is 0 Å². The molecule has 1 aromatic rings. The summed E-state index contributed by atoms with van der Waals surface area (Å²) in [5, 5.41) is 3.33. The van der Waals surface area contributed by atoms with Crippen molar-refractivity contribution in [2.45, 2.75) is 32.2 Å². The Bertz CT molecular complexity index is 358. The molecule has 0 aromatic heterocycles. The highest BCUT2D eigenvalue weighted by molar-refractivity contribution is 5.19. The van der Waals surface area contributed by atoms with Gasteiger partial charge in [-0.3, -0.25) is 0 Å². The van der Waals surface area contributed by atoms with E-state index in [2.05, 4.69) is 12.2 Å². The molecule has 102 valence electrons. The Morgan fingerprint density at radius 3 is 2.78 bits per heavy atom. The minimum absolute atomic E-state index is 0.178. The van der Waals surface area contributed by atoms with Gasteiger partial charge in [-0.25, -0.2) is 8.78 Å². The fraction of sp³-hybridized carbons (Fsp3) is 0.571. The topological polar surface area (TPSA) is 21.3 Å². The van der Waals surface area contributed by atoms with E-state index in [1.165, 1.54) is 0 Å². The van der Waals surface area contributed by atoms with Crippen LogP contribution in [0.4, 0.5) is 8.78 Å². The van der Waals surface area contributed by atoms with E-state index in [0.29, 0.717) is 18.6 Å². The Hall–Kier alpha value is -1.00. The van der Waals surface area contributed by atoms with Gasteiger partial charge in [0.2, 0.25) is 0 Å². The molecule has 0 amide bonds. The number of halogens is 2. The lowest BCUT2D eigenvalue weighted by Crippen LogP contribution is -2.34. The van der Waals surface area contributed by atoms with Gasteiger partial charge < -0.3 is 10.1 Å². The maximum absolute atomic E-state index is 13.5. The number of benzene rings is 1. The van der Waals surface area contributed by atoms with Crippen LogP contribution >= 0.6 is 0 Å². The van der Waals surface area contributed by atoms with Gasteiger partial charge in [-0.1, -0.05) is 19.1 Å². The predicted octanol–water partition coefficient (Wildman–Crippen LogP) is 2.91. The van der Waals surface area contributed by atoms with Gasteiger partial charge in [-0.15, -0.1) is 0 Å². The van der Waals surface area contributed by atoms with Crippen molar-refractivity contribution in [2.24, 2.45) is 0 Å². The van der Waals surface area contributed by atoms with Crippen LogP contribution in [0.2, 0.25) is 0 Å². The molecular formula is C14H21F2NO. The third-order valence-corrected chi connectivity index (χ3v) is 2.84. The molecular weight excluding hydrogens is 236 g/mol. The zero-order chi connectivity index (χ0) is 13.4. The maximum Gasteiger partial charge on any atom is 0.162 e. The SMILES string of the molecule is CCCNC(CCc1cccc(F)c1F)COC. The molecule has 1 N–H and O–H groups in total. The lowest BCUT2D eigenvalue weighted by molar-refractivity contribution is 0.162. The Labute approximate surface area is 107 Å². The van der Waals surface area contributed by atoms with Crippen molar-refractivity contribution < 1.29 is 13.5 Å². The summed E-state index contributed by atoms with van der Waals surface area (Å²) in [6.45, 7) is 3.57. The number of rotatable bonds is 8. The first-order valence-corrected chi connectivity index (χ1v) is 6.34. The minimum Gasteiger partial charge on any atom is -0.383 e. The summed E-state index contributed by atoms with van der Waals surface area (Å²) in [7, 11) is 1.64. The van der Waals surface area contributed by atoms with Gasteiger partial charge in [0, 0.05) is 13.2 Å². The van der Waals surface area contributed by atoms with Crippen molar-refractivity contribution in [2.75, 3.05) is 20.3 Å². The lowest BCUT2D eigenvalue weighted by Gasteiger charge is -2.17.